The van der Waals surface area contributed by atoms with Crippen molar-refractivity contribution >= 4 is 12.2 Å². The van der Waals surface area contributed by atoms with E-state index in [2.05, 4.69) is 5.10 Å². The first-order valence-corrected chi connectivity index (χ1v) is 4.99. The van der Waals surface area contributed by atoms with Crippen molar-refractivity contribution in [2.24, 2.45) is 5.10 Å². The summed E-state index contributed by atoms with van der Waals surface area (Å²) in [6, 6.07) is 0. The lowest BCUT2D eigenvalue weighted by molar-refractivity contribution is -0.138. The van der Waals surface area contributed by atoms with Gasteiger partial charge >= 0.3 is 5.97 Å². The number of ether oxygens (including phenoxy) is 1. The number of hydrazone groups is 1. The average molecular weight is 222 g/mol. The maximum Gasteiger partial charge on any atom is 0.336 e. The van der Waals surface area contributed by atoms with Gasteiger partial charge in [-0.2, -0.15) is 5.10 Å². The zero-order valence-corrected chi connectivity index (χ0v) is 8.81. The Labute approximate surface area is 92.4 Å². The maximum atomic E-state index is 13.0. The number of fused-ring (bicyclic) bond motifs is 1. The quantitative estimate of drug-likeness (QED) is 0.670. The van der Waals surface area contributed by atoms with Crippen molar-refractivity contribution in [2.45, 2.75) is 13.3 Å². The van der Waals surface area contributed by atoms with Crippen LogP contribution in [-0.2, 0) is 9.53 Å². The van der Waals surface area contributed by atoms with E-state index < -0.39 is 5.83 Å². The van der Waals surface area contributed by atoms with E-state index in [4.69, 9.17) is 4.74 Å². The number of halogens is 1. The molecule has 0 aromatic rings. The first kappa shape index (κ1) is 10.6. The molecular formula is C11H11FN2O2. The van der Waals surface area contributed by atoms with Crippen molar-refractivity contribution in [3.8, 4) is 0 Å². The number of carbonyl (C=O) groups excluding carboxylic acids is 1. The molecule has 0 saturated carbocycles. The van der Waals surface area contributed by atoms with Crippen molar-refractivity contribution in [1.29, 1.82) is 0 Å². The third kappa shape index (κ3) is 1.88. The normalized spacial score (nSPS) is 18.4. The fourth-order valence-electron chi connectivity index (χ4n) is 1.53. The van der Waals surface area contributed by atoms with Gasteiger partial charge in [-0.3, -0.25) is 0 Å². The highest BCUT2D eigenvalue weighted by Crippen LogP contribution is 2.25. The molecule has 84 valence electrons. The molecule has 0 radical (unpaired) electrons. The van der Waals surface area contributed by atoms with E-state index >= 15 is 0 Å². The summed E-state index contributed by atoms with van der Waals surface area (Å²) in [6.07, 6.45) is 6.01. The molecule has 2 heterocycles. The Morgan fingerprint density at radius 1 is 1.62 bits per heavy atom. The Bertz CT molecular complexity index is 435. The van der Waals surface area contributed by atoms with Crippen LogP contribution in [0.4, 0.5) is 4.39 Å². The molecule has 2 aliphatic rings. The molecule has 0 amide bonds. The number of rotatable bonds is 2. The van der Waals surface area contributed by atoms with E-state index in [9.17, 15) is 9.18 Å². The highest BCUT2D eigenvalue weighted by molar-refractivity contribution is 5.94. The Kier molecular flexibility index (Phi) is 2.85. The molecule has 4 nitrogen and oxygen atoms in total. The molecule has 2 aliphatic heterocycles. The van der Waals surface area contributed by atoms with Crippen LogP contribution >= 0.6 is 0 Å². The predicted octanol–water partition coefficient (Wildman–Crippen LogP) is 1.88. The van der Waals surface area contributed by atoms with Crippen LogP contribution in [0, 0.1) is 0 Å². The summed E-state index contributed by atoms with van der Waals surface area (Å²) >= 11 is 0. The van der Waals surface area contributed by atoms with Gasteiger partial charge in [-0.1, -0.05) is 0 Å². The molecule has 16 heavy (non-hydrogen) atoms. The topological polar surface area (TPSA) is 41.9 Å². The van der Waals surface area contributed by atoms with E-state index in [1.807, 2.05) is 0 Å². The van der Waals surface area contributed by atoms with E-state index in [1.165, 1.54) is 23.4 Å². The van der Waals surface area contributed by atoms with Crippen LogP contribution < -0.4 is 0 Å². The van der Waals surface area contributed by atoms with Crippen molar-refractivity contribution < 1.29 is 13.9 Å². The fraction of sp³-hybridized carbons (Fsp3) is 0.273. The molecule has 0 saturated heterocycles. The molecule has 0 aromatic carbocycles. The number of esters is 1. The lowest BCUT2D eigenvalue weighted by Gasteiger charge is -2.24. The molecular weight excluding hydrogens is 211 g/mol. The Balaban J connectivity index is 2.31. The summed E-state index contributed by atoms with van der Waals surface area (Å²) in [7, 11) is 0. The summed E-state index contributed by atoms with van der Waals surface area (Å²) in [5.74, 6) is -0.778. The predicted molar refractivity (Wildman–Crippen MR) is 56.9 cm³/mol. The molecule has 0 bridgehead atoms. The molecule has 0 N–H and O–H groups in total. The molecule has 0 aliphatic carbocycles. The molecule has 0 atom stereocenters. The highest BCUT2D eigenvalue weighted by Gasteiger charge is 2.23. The molecule has 0 fully saturated rings. The molecule has 5 heteroatoms. The smallest absolute Gasteiger partial charge is 0.336 e. The first-order valence-electron chi connectivity index (χ1n) is 4.99. The summed E-state index contributed by atoms with van der Waals surface area (Å²) in [5.41, 5.74) is 1.07. The van der Waals surface area contributed by atoms with Crippen molar-refractivity contribution in [3.63, 3.8) is 0 Å². The zero-order chi connectivity index (χ0) is 11.5. The lowest BCUT2D eigenvalue weighted by atomic mass is 10.1. The standard InChI is InChI=1S/C11H11FN2O2/c1-2-16-11(15)9-5-6-13-14-7-8(12)3-4-10(9)14/h3-4,6-7H,2,5H2,1H3. The summed E-state index contributed by atoms with van der Waals surface area (Å²) in [5, 5.41) is 5.31. The average Bonchev–Trinajstić information content (AvgIpc) is 2.28. The zero-order valence-electron chi connectivity index (χ0n) is 8.81. The Hall–Kier alpha value is -1.91. The second kappa shape index (κ2) is 4.30. The molecule has 0 aromatic heterocycles. The molecule has 0 unspecified atom stereocenters. The maximum absolute atomic E-state index is 13.0. The Morgan fingerprint density at radius 3 is 3.19 bits per heavy atom. The van der Waals surface area contributed by atoms with E-state index in [-0.39, 0.29) is 5.97 Å². The highest BCUT2D eigenvalue weighted by atomic mass is 19.1. The Morgan fingerprint density at radius 2 is 2.44 bits per heavy atom. The van der Waals surface area contributed by atoms with Crippen LogP contribution in [0.15, 0.2) is 40.6 Å². The van der Waals surface area contributed by atoms with E-state index in [1.54, 1.807) is 13.1 Å². The molecule has 2 rings (SSSR count). The fourth-order valence-corrected chi connectivity index (χ4v) is 1.53. The number of allylic oxidation sites excluding steroid dienone is 3. The second-order valence-electron chi connectivity index (χ2n) is 3.28. The van der Waals surface area contributed by atoms with Crippen LogP contribution in [0.5, 0.6) is 0 Å². The monoisotopic (exact) mass is 222 g/mol. The van der Waals surface area contributed by atoms with Crippen LogP contribution in [0.2, 0.25) is 0 Å². The van der Waals surface area contributed by atoms with Gasteiger partial charge in [-0.25, -0.2) is 14.2 Å². The van der Waals surface area contributed by atoms with Gasteiger partial charge in [0.2, 0.25) is 0 Å². The van der Waals surface area contributed by atoms with Gasteiger partial charge in [0.15, 0.2) is 0 Å². The number of hydrogen-bond acceptors (Lipinski definition) is 4. The van der Waals surface area contributed by atoms with E-state index in [0.29, 0.717) is 24.3 Å². The van der Waals surface area contributed by atoms with Gasteiger partial charge in [0.25, 0.3) is 0 Å². The van der Waals surface area contributed by atoms with Gasteiger partial charge in [-0.05, 0) is 19.1 Å². The third-order valence-electron chi connectivity index (χ3n) is 2.23. The van der Waals surface area contributed by atoms with Crippen molar-refractivity contribution in [1.82, 2.24) is 5.01 Å². The van der Waals surface area contributed by atoms with Crippen LogP contribution in [0.25, 0.3) is 0 Å². The molecule has 0 spiro atoms. The summed E-state index contributed by atoms with van der Waals surface area (Å²) < 4.78 is 17.9. The van der Waals surface area contributed by atoms with Crippen LogP contribution in [0.1, 0.15) is 13.3 Å². The van der Waals surface area contributed by atoms with Gasteiger partial charge in [0.05, 0.1) is 24.1 Å². The van der Waals surface area contributed by atoms with Gasteiger partial charge in [0.1, 0.15) is 5.83 Å². The van der Waals surface area contributed by atoms with Crippen LogP contribution in [0.3, 0.4) is 0 Å². The van der Waals surface area contributed by atoms with Gasteiger partial charge < -0.3 is 4.74 Å². The minimum absolute atomic E-state index is 0.320. The number of carbonyl (C=O) groups is 1. The minimum atomic E-state index is -0.397. The minimum Gasteiger partial charge on any atom is -0.463 e. The second-order valence-corrected chi connectivity index (χ2v) is 3.28. The first-order chi connectivity index (χ1) is 7.72. The van der Waals surface area contributed by atoms with Crippen molar-refractivity contribution in [3.05, 3.63) is 35.4 Å². The number of nitrogens with zero attached hydrogens (tertiary/aromatic N) is 2. The summed E-state index contributed by atoms with van der Waals surface area (Å²) in [4.78, 5) is 11.6. The third-order valence-corrected chi connectivity index (χ3v) is 2.23. The largest absolute Gasteiger partial charge is 0.463 e. The van der Waals surface area contributed by atoms with Crippen LogP contribution in [-0.4, -0.2) is 23.8 Å². The van der Waals surface area contributed by atoms with Gasteiger partial charge in [0, 0.05) is 12.6 Å². The number of hydrogen-bond donors (Lipinski definition) is 0. The lowest BCUT2D eigenvalue weighted by Crippen LogP contribution is -2.22. The summed E-state index contributed by atoms with van der Waals surface area (Å²) in [6.45, 7) is 2.06. The van der Waals surface area contributed by atoms with Gasteiger partial charge in [-0.15, -0.1) is 0 Å². The van der Waals surface area contributed by atoms with E-state index in [0.717, 1.165) is 0 Å². The SMILES string of the molecule is CCOC(=O)C1=C2C=CC(F)=CN2N=CC1. The van der Waals surface area contributed by atoms with Crippen molar-refractivity contribution in [2.75, 3.05) is 6.61 Å².